The number of likely N-dealkylation sites (N-methyl/N-ethyl adjacent to an activating group) is 2. The zero-order valence-corrected chi connectivity index (χ0v) is 45.3. The maximum atomic E-state index is 14.3. The first kappa shape index (κ1) is 59.8. The number of likely N-dealkylation sites (tertiary alicyclic amines) is 2. The average Bonchev–Trinajstić information content (AvgIpc) is 3.90. The Kier molecular flexibility index (Phi) is 19.4. The van der Waals surface area contributed by atoms with Gasteiger partial charge in [-0.3, -0.25) is 38.6 Å². The number of carbonyl (C=O) groups excluding carboxylic acids is 10. The van der Waals surface area contributed by atoms with Gasteiger partial charge in [0.2, 0.25) is 23.6 Å². The second-order valence-electron chi connectivity index (χ2n) is 22.6. The van der Waals surface area contributed by atoms with Gasteiger partial charge in [0.25, 0.3) is 11.8 Å². The molecule has 0 spiro atoms. The number of carbonyl (C=O) groups is 10. The van der Waals surface area contributed by atoms with Crippen LogP contribution in [0.25, 0.3) is 0 Å². The Balaban J connectivity index is 1.74. The minimum Gasteiger partial charge on any atom is -0.467 e. The lowest BCUT2D eigenvalue weighted by Crippen LogP contribution is -2.59. The van der Waals surface area contributed by atoms with Gasteiger partial charge in [-0.15, -0.1) is 0 Å². The molecule has 22 heteroatoms. The first-order valence-corrected chi connectivity index (χ1v) is 23.9. The van der Waals surface area contributed by atoms with Crippen LogP contribution in [0.5, 0.6) is 0 Å². The van der Waals surface area contributed by atoms with Gasteiger partial charge in [-0.05, 0) is 90.5 Å². The highest BCUT2D eigenvalue weighted by Crippen LogP contribution is 2.29. The molecular weight excluding hydrogens is 937 g/mol. The third-order valence-electron chi connectivity index (χ3n) is 12.3. The molecule has 402 valence electrons. The molecule has 4 N–H and O–H groups in total. The molecule has 0 bridgehead atoms. The molecule has 0 aliphatic carbocycles. The Hall–Kier alpha value is -6.48. The van der Waals surface area contributed by atoms with Crippen LogP contribution < -0.4 is 21.3 Å². The van der Waals surface area contributed by atoms with Crippen molar-refractivity contribution in [3.8, 4) is 0 Å². The Morgan fingerprint density at radius 1 is 0.542 bits per heavy atom. The number of hydrogen-bond acceptors (Lipinski definition) is 14. The van der Waals surface area contributed by atoms with Gasteiger partial charge in [-0.25, -0.2) is 19.2 Å². The summed E-state index contributed by atoms with van der Waals surface area (Å²) in [4.78, 5) is 139. The van der Waals surface area contributed by atoms with Crippen molar-refractivity contribution in [3.63, 3.8) is 0 Å². The molecule has 0 saturated carbocycles. The first-order valence-electron chi connectivity index (χ1n) is 23.9. The van der Waals surface area contributed by atoms with E-state index in [9.17, 15) is 47.9 Å². The molecule has 2 aliphatic heterocycles. The molecule has 22 nitrogen and oxygen atoms in total. The number of methoxy groups -OCH3 is 2. The lowest BCUT2D eigenvalue weighted by Gasteiger charge is -2.36. The van der Waals surface area contributed by atoms with Crippen molar-refractivity contribution >= 4 is 59.6 Å². The van der Waals surface area contributed by atoms with E-state index in [-0.39, 0.29) is 37.1 Å². The fraction of sp³-hybridized carbons (Fsp3) is 0.680. The predicted octanol–water partition coefficient (Wildman–Crippen LogP) is 3.00. The molecule has 8 amide bonds. The van der Waals surface area contributed by atoms with E-state index in [1.54, 1.807) is 83.1 Å². The van der Waals surface area contributed by atoms with Gasteiger partial charge in [0.05, 0.1) is 14.2 Å². The summed E-state index contributed by atoms with van der Waals surface area (Å²) in [6.07, 6.45) is -1.48. The van der Waals surface area contributed by atoms with E-state index in [2.05, 4.69) is 21.3 Å². The number of rotatable bonds is 14. The van der Waals surface area contributed by atoms with Crippen LogP contribution in [0.2, 0.25) is 0 Å². The van der Waals surface area contributed by atoms with Crippen molar-refractivity contribution in [1.29, 1.82) is 0 Å². The zero-order chi connectivity index (χ0) is 55.2. The molecule has 0 aromatic heterocycles. The Bertz CT molecular complexity index is 2050. The van der Waals surface area contributed by atoms with Crippen LogP contribution in [0.4, 0.5) is 9.59 Å². The van der Waals surface area contributed by atoms with Crippen LogP contribution >= 0.6 is 0 Å². The monoisotopic (exact) mass is 1010 g/mol. The predicted molar refractivity (Wildman–Crippen MR) is 263 cm³/mol. The molecule has 0 radical (unpaired) electrons. The summed E-state index contributed by atoms with van der Waals surface area (Å²) < 4.78 is 20.8. The molecule has 2 saturated heterocycles. The molecule has 1 aromatic carbocycles. The molecule has 8 atom stereocenters. The molecule has 2 heterocycles. The van der Waals surface area contributed by atoms with Crippen LogP contribution in [0.15, 0.2) is 24.3 Å². The smallest absolute Gasteiger partial charge is 0.410 e. The summed E-state index contributed by atoms with van der Waals surface area (Å²) in [5.41, 5.74) is -3.06. The topological polar surface area (TPSA) is 269 Å². The van der Waals surface area contributed by atoms with Crippen molar-refractivity contribution in [2.45, 2.75) is 169 Å². The second kappa shape index (κ2) is 23.4. The number of benzene rings is 1. The van der Waals surface area contributed by atoms with Crippen molar-refractivity contribution in [2.24, 2.45) is 10.8 Å². The van der Waals surface area contributed by atoms with Crippen LogP contribution in [0.1, 0.15) is 130 Å². The maximum Gasteiger partial charge on any atom is 0.410 e. The number of nitrogens with zero attached hydrogens (tertiary/aromatic N) is 4. The summed E-state index contributed by atoms with van der Waals surface area (Å²) in [6, 6.07) is -2.41. The number of nitrogens with one attached hydrogen (secondary N) is 4. The summed E-state index contributed by atoms with van der Waals surface area (Å²) in [5, 5.41) is 11.2. The summed E-state index contributed by atoms with van der Waals surface area (Å²) in [7, 11) is 5.16. The molecular formula is C50H78N8O14. The summed E-state index contributed by atoms with van der Waals surface area (Å²) in [5.74, 6) is -5.07. The van der Waals surface area contributed by atoms with Gasteiger partial charge >= 0.3 is 24.1 Å². The van der Waals surface area contributed by atoms with E-state index in [0.29, 0.717) is 0 Å². The Morgan fingerprint density at radius 2 is 0.833 bits per heavy atom. The molecule has 3 rings (SSSR count). The fourth-order valence-electron chi connectivity index (χ4n) is 7.89. The third-order valence-corrected chi connectivity index (χ3v) is 12.3. The summed E-state index contributed by atoms with van der Waals surface area (Å²) in [6.45, 7) is 23.3. The minimum absolute atomic E-state index is 0.00580. The van der Waals surface area contributed by atoms with Crippen LogP contribution in [0, 0.1) is 10.8 Å². The normalized spacial score (nSPS) is 19.9. The maximum absolute atomic E-state index is 14.3. The van der Waals surface area contributed by atoms with Crippen molar-refractivity contribution in [2.75, 3.05) is 41.4 Å². The summed E-state index contributed by atoms with van der Waals surface area (Å²) >= 11 is 0. The fourth-order valence-corrected chi connectivity index (χ4v) is 7.89. The van der Waals surface area contributed by atoms with E-state index in [1.165, 1.54) is 76.2 Å². The van der Waals surface area contributed by atoms with Crippen molar-refractivity contribution in [3.05, 3.63) is 35.4 Å². The Morgan fingerprint density at radius 3 is 1.08 bits per heavy atom. The average molecular weight is 1020 g/mol. The lowest BCUT2D eigenvalue weighted by molar-refractivity contribution is -0.153. The van der Waals surface area contributed by atoms with E-state index in [0.717, 1.165) is 9.80 Å². The molecule has 2 fully saturated rings. The van der Waals surface area contributed by atoms with Gasteiger partial charge in [-0.2, -0.15) is 0 Å². The molecule has 2 aliphatic rings. The number of hydrogen-bond donors (Lipinski definition) is 4. The van der Waals surface area contributed by atoms with Gasteiger partial charge < -0.3 is 50.0 Å². The zero-order valence-electron chi connectivity index (χ0n) is 45.3. The van der Waals surface area contributed by atoms with Crippen molar-refractivity contribution in [1.82, 2.24) is 40.9 Å². The van der Waals surface area contributed by atoms with Gasteiger partial charge in [0, 0.05) is 63.2 Å². The highest BCUT2D eigenvalue weighted by molar-refractivity contribution is 5.99. The highest BCUT2D eigenvalue weighted by atomic mass is 16.6. The quantitative estimate of drug-likeness (QED) is 0.154. The van der Waals surface area contributed by atoms with E-state index < -0.39 is 130 Å². The van der Waals surface area contributed by atoms with Gasteiger partial charge in [-0.1, -0.05) is 41.5 Å². The third kappa shape index (κ3) is 15.8. The van der Waals surface area contributed by atoms with Crippen LogP contribution in [0.3, 0.4) is 0 Å². The second-order valence-corrected chi connectivity index (χ2v) is 22.6. The number of ether oxygens (including phenoxy) is 4. The first-order chi connectivity index (χ1) is 32.9. The van der Waals surface area contributed by atoms with E-state index >= 15 is 0 Å². The SMILES string of the molecule is COC(=O)C1C[C@H](NC(=O)c2ccc(C(=O)N[C@H]3C[C@@H](C(=O)OC)N(C(=O)[C@@H](NC(=O)[C@H](C)N(C)C(=O)OC(C)(C)C)C(C)(C)C)C3)cc2)CN1C(=O)[C@@H](NC(=O)[C@H](C)N(C)C(=O)OC(C)(C)C)C(C)(C)C. The molecule has 1 aromatic rings. The standard InChI is InChI=1S/C50H78N8O14/c1-27(55(15)45(67)71-49(9,10)11)37(59)53-35(47(3,4)5)41(63)57-25-31(23-33(57)43(65)69-17)51-39(61)29-19-21-30(22-20-29)40(62)52-32-24-34(44(66)70-18)58(26-32)42(64)36(48(6,7)8)54-38(60)28(2)56(16)46(68)72-50(12,13)14/h19-22,27-28,31-36H,23-26H2,1-18H3,(H,51,61)(H,52,62)(H,53,59)(H,54,60)/t27-,28-,31-,32-,33-,34?,35+,36+/m0/s1. The molecule has 72 heavy (non-hydrogen) atoms. The minimum atomic E-state index is -1.16. The number of amides is 8. The van der Waals surface area contributed by atoms with E-state index in [4.69, 9.17) is 18.9 Å². The number of esters is 2. The van der Waals surface area contributed by atoms with Gasteiger partial charge in [0.15, 0.2) is 0 Å². The van der Waals surface area contributed by atoms with Crippen LogP contribution in [-0.4, -0.2) is 180 Å². The van der Waals surface area contributed by atoms with E-state index in [1.807, 2.05) is 0 Å². The van der Waals surface area contributed by atoms with Crippen molar-refractivity contribution < 1.29 is 66.9 Å². The lowest BCUT2D eigenvalue weighted by atomic mass is 9.85. The van der Waals surface area contributed by atoms with Crippen LogP contribution in [-0.2, 0) is 47.7 Å². The van der Waals surface area contributed by atoms with Gasteiger partial charge in [0.1, 0.15) is 47.5 Å². The Labute approximate surface area is 423 Å². The molecule has 1 unspecified atom stereocenters. The largest absolute Gasteiger partial charge is 0.467 e. The highest BCUT2D eigenvalue weighted by Gasteiger charge is 2.48.